The van der Waals surface area contributed by atoms with E-state index in [1.807, 2.05) is 0 Å². The largest absolute Gasteiger partial charge is 0.376 e. The molecule has 1 unspecified atom stereocenters. The van der Waals surface area contributed by atoms with Gasteiger partial charge in [-0.3, -0.25) is 4.79 Å². The van der Waals surface area contributed by atoms with Crippen LogP contribution in [0.4, 0.5) is 0 Å². The molecule has 1 saturated carbocycles. The highest BCUT2D eigenvalue weighted by atomic mass is 16.5. The van der Waals surface area contributed by atoms with Crippen molar-refractivity contribution in [2.24, 2.45) is 11.7 Å². The third-order valence-electron chi connectivity index (χ3n) is 4.01. The molecule has 1 aliphatic carbocycles. The van der Waals surface area contributed by atoms with Crippen LogP contribution in [0.2, 0.25) is 0 Å². The molecule has 1 fully saturated rings. The molecule has 19 heavy (non-hydrogen) atoms. The fourth-order valence-electron chi connectivity index (χ4n) is 2.68. The zero-order chi connectivity index (χ0) is 13.9. The molecule has 112 valence electrons. The van der Waals surface area contributed by atoms with Crippen LogP contribution in [-0.2, 0) is 9.53 Å². The summed E-state index contributed by atoms with van der Waals surface area (Å²) in [6.45, 7) is 4.17. The van der Waals surface area contributed by atoms with E-state index in [9.17, 15) is 4.79 Å². The molecule has 0 radical (unpaired) electrons. The molecular formula is C15H30N2O2. The van der Waals surface area contributed by atoms with Gasteiger partial charge in [-0.05, 0) is 38.1 Å². The minimum absolute atomic E-state index is 0.144. The van der Waals surface area contributed by atoms with E-state index in [0.29, 0.717) is 31.6 Å². The molecule has 4 heteroatoms. The quantitative estimate of drug-likeness (QED) is 0.598. The van der Waals surface area contributed by atoms with Crippen LogP contribution in [0.3, 0.4) is 0 Å². The Morgan fingerprint density at radius 2 is 2.11 bits per heavy atom. The van der Waals surface area contributed by atoms with Crippen molar-refractivity contribution in [3.63, 3.8) is 0 Å². The lowest BCUT2D eigenvalue weighted by molar-refractivity contribution is -0.121. The summed E-state index contributed by atoms with van der Waals surface area (Å²) >= 11 is 0. The standard InChI is InChI=1S/C15H30N2O2/c1-2-13(9-10-16)7-8-15(18)17-11-12-19-14-5-3-4-6-14/h13-14H,2-12,16H2,1H3,(H,17,18). The fraction of sp³-hybridized carbons (Fsp3) is 0.933. The van der Waals surface area contributed by atoms with Gasteiger partial charge in [-0.2, -0.15) is 0 Å². The lowest BCUT2D eigenvalue weighted by atomic mass is 9.96. The van der Waals surface area contributed by atoms with Crippen molar-refractivity contribution in [3.8, 4) is 0 Å². The number of nitrogens with one attached hydrogen (secondary N) is 1. The van der Waals surface area contributed by atoms with Crippen molar-refractivity contribution in [1.29, 1.82) is 0 Å². The number of carbonyl (C=O) groups excluding carboxylic acids is 1. The highest BCUT2D eigenvalue weighted by Gasteiger charge is 2.15. The van der Waals surface area contributed by atoms with E-state index in [4.69, 9.17) is 10.5 Å². The Morgan fingerprint density at radius 1 is 1.37 bits per heavy atom. The number of hydrogen-bond donors (Lipinski definition) is 2. The molecule has 0 heterocycles. The van der Waals surface area contributed by atoms with Crippen LogP contribution in [0, 0.1) is 5.92 Å². The molecule has 0 spiro atoms. The number of rotatable bonds is 10. The first-order valence-electron chi connectivity index (χ1n) is 7.84. The Morgan fingerprint density at radius 3 is 2.74 bits per heavy atom. The molecule has 1 amide bonds. The molecule has 1 atom stereocenters. The molecule has 0 aromatic rings. The molecule has 0 aliphatic heterocycles. The van der Waals surface area contributed by atoms with Crippen LogP contribution in [0.1, 0.15) is 58.3 Å². The van der Waals surface area contributed by atoms with Crippen molar-refractivity contribution in [1.82, 2.24) is 5.32 Å². The van der Waals surface area contributed by atoms with Crippen LogP contribution >= 0.6 is 0 Å². The van der Waals surface area contributed by atoms with E-state index < -0.39 is 0 Å². The third-order valence-corrected chi connectivity index (χ3v) is 4.01. The summed E-state index contributed by atoms with van der Waals surface area (Å²) in [6, 6.07) is 0. The lowest BCUT2D eigenvalue weighted by Crippen LogP contribution is -2.28. The molecule has 1 rings (SSSR count). The Bertz CT molecular complexity index is 240. The van der Waals surface area contributed by atoms with Gasteiger partial charge in [-0.25, -0.2) is 0 Å². The minimum Gasteiger partial charge on any atom is -0.376 e. The number of amides is 1. The molecule has 0 saturated heterocycles. The smallest absolute Gasteiger partial charge is 0.220 e. The second kappa shape index (κ2) is 10.2. The maximum atomic E-state index is 11.7. The topological polar surface area (TPSA) is 64.4 Å². The van der Waals surface area contributed by atoms with Gasteiger partial charge in [0.2, 0.25) is 5.91 Å². The molecule has 0 aromatic heterocycles. The van der Waals surface area contributed by atoms with Crippen molar-refractivity contribution in [2.75, 3.05) is 19.7 Å². The van der Waals surface area contributed by atoms with Gasteiger partial charge in [0.25, 0.3) is 0 Å². The number of nitrogens with two attached hydrogens (primary N) is 1. The highest BCUT2D eigenvalue weighted by Crippen LogP contribution is 2.20. The molecule has 3 N–H and O–H groups in total. The molecule has 0 bridgehead atoms. The predicted octanol–water partition coefficient (Wildman–Crippen LogP) is 2.22. The summed E-state index contributed by atoms with van der Waals surface area (Å²) < 4.78 is 5.71. The first-order valence-corrected chi connectivity index (χ1v) is 7.84. The van der Waals surface area contributed by atoms with Gasteiger partial charge >= 0.3 is 0 Å². The first kappa shape index (κ1) is 16.4. The average molecular weight is 270 g/mol. The Hall–Kier alpha value is -0.610. The monoisotopic (exact) mass is 270 g/mol. The maximum absolute atomic E-state index is 11.7. The summed E-state index contributed by atoms with van der Waals surface area (Å²) in [4.78, 5) is 11.7. The summed E-state index contributed by atoms with van der Waals surface area (Å²) in [5, 5.41) is 2.93. The van der Waals surface area contributed by atoms with Gasteiger partial charge in [-0.15, -0.1) is 0 Å². The second-order valence-electron chi connectivity index (χ2n) is 5.52. The van der Waals surface area contributed by atoms with Crippen LogP contribution < -0.4 is 11.1 Å². The van der Waals surface area contributed by atoms with Crippen molar-refractivity contribution in [3.05, 3.63) is 0 Å². The Labute approximate surface area is 117 Å². The Balaban J connectivity index is 1.97. The van der Waals surface area contributed by atoms with Gasteiger partial charge in [0.15, 0.2) is 0 Å². The molecule has 0 aromatic carbocycles. The predicted molar refractivity (Wildman–Crippen MR) is 77.9 cm³/mol. The van der Waals surface area contributed by atoms with Crippen LogP contribution in [0.25, 0.3) is 0 Å². The zero-order valence-corrected chi connectivity index (χ0v) is 12.3. The number of ether oxygens (including phenoxy) is 1. The second-order valence-corrected chi connectivity index (χ2v) is 5.52. The van der Waals surface area contributed by atoms with Crippen molar-refractivity contribution >= 4 is 5.91 Å². The van der Waals surface area contributed by atoms with E-state index in [2.05, 4.69) is 12.2 Å². The van der Waals surface area contributed by atoms with Crippen LogP contribution in [-0.4, -0.2) is 31.7 Å². The summed E-state index contributed by atoms with van der Waals surface area (Å²) in [5.41, 5.74) is 5.55. The third kappa shape index (κ3) is 7.53. The van der Waals surface area contributed by atoms with Crippen molar-refractivity contribution in [2.45, 2.75) is 64.4 Å². The Kier molecular flexibility index (Phi) is 8.84. The van der Waals surface area contributed by atoms with Gasteiger partial charge in [-0.1, -0.05) is 26.2 Å². The van der Waals surface area contributed by atoms with E-state index in [1.54, 1.807) is 0 Å². The molecule has 1 aliphatic rings. The van der Waals surface area contributed by atoms with Gasteiger partial charge in [0.1, 0.15) is 0 Å². The average Bonchev–Trinajstić information content (AvgIpc) is 2.92. The van der Waals surface area contributed by atoms with E-state index >= 15 is 0 Å². The normalized spacial score (nSPS) is 17.6. The van der Waals surface area contributed by atoms with Crippen LogP contribution in [0.15, 0.2) is 0 Å². The van der Waals surface area contributed by atoms with Gasteiger partial charge < -0.3 is 15.8 Å². The summed E-state index contributed by atoms with van der Waals surface area (Å²) in [6.07, 6.45) is 9.07. The summed E-state index contributed by atoms with van der Waals surface area (Å²) in [7, 11) is 0. The van der Waals surface area contributed by atoms with Gasteiger partial charge in [0, 0.05) is 13.0 Å². The minimum atomic E-state index is 0.144. The maximum Gasteiger partial charge on any atom is 0.220 e. The summed E-state index contributed by atoms with van der Waals surface area (Å²) in [5.74, 6) is 0.732. The fourth-order valence-corrected chi connectivity index (χ4v) is 2.68. The first-order chi connectivity index (χ1) is 9.26. The SMILES string of the molecule is CCC(CCN)CCC(=O)NCCOC1CCCC1. The van der Waals surface area contributed by atoms with Crippen LogP contribution in [0.5, 0.6) is 0 Å². The molecule has 4 nitrogen and oxygen atoms in total. The molecular weight excluding hydrogens is 240 g/mol. The van der Waals surface area contributed by atoms with E-state index in [-0.39, 0.29) is 5.91 Å². The zero-order valence-electron chi connectivity index (χ0n) is 12.3. The highest BCUT2D eigenvalue weighted by molar-refractivity contribution is 5.75. The van der Waals surface area contributed by atoms with Crippen molar-refractivity contribution < 1.29 is 9.53 Å². The number of carbonyl (C=O) groups is 1. The van der Waals surface area contributed by atoms with Gasteiger partial charge in [0.05, 0.1) is 12.7 Å². The van der Waals surface area contributed by atoms with E-state index in [0.717, 1.165) is 25.8 Å². The van der Waals surface area contributed by atoms with E-state index in [1.165, 1.54) is 25.7 Å². The number of hydrogen-bond acceptors (Lipinski definition) is 3. The lowest BCUT2D eigenvalue weighted by Gasteiger charge is -2.14.